The molecule has 0 N–H and O–H groups in total. The monoisotopic (exact) mass is 312 g/mol. The summed E-state index contributed by atoms with van der Waals surface area (Å²) in [5.74, 6) is -2.37. The Hall–Kier alpha value is -1.81. The molecule has 2 rings (SSSR count). The molecule has 2 aromatic rings. The van der Waals surface area contributed by atoms with Gasteiger partial charge in [0.25, 0.3) is 0 Å². The zero-order valence-corrected chi connectivity index (χ0v) is 11.7. The Kier molecular flexibility index (Phi) is 4.68. The lowest BCUT2D eigenvalue weighted by Gasteiger charge is -2.20. The van der Waals surface area contributed by atoms with E-state index in [1.165, 1.54) is 36.4 Å². The van der Waals surface area contributed by atoms with E-state index in [9.17, 15) is 18.0 Å². The molecule has 110 valence electrons. The van der Waals surface area contributed by atoms with Crippen molar-refractivity contribution in [1.29, 1.82) is 0 Å². The van der Waals surface area contributed by atoms with E-state index in [-0.39, 0.29) is 11.1 Å². The van der Waals surface area contributed by atoms with Crippen molar-refractivity contribution in [2.24, 2.45) is 0 Å². The predicted molar refractivity (Wildman–Crippen MR) is 75.6 cm³/mol. The lowest BCUT2D eigenvalue weighted by molar-refractivity contribution is -0.149. The number of halogens is 4. The number of hydrogen-bond donors (Lipinski definition) is 0. The summed E-state index contributed by atoms with van der Waals surface area (Å²) in [5, 5.41) is 0.356. The van der Waals surface area contributed by atoms with Gasteiger partial charge in [0.2, 0.25) is 0 Å². The van der Waals surface area contributed by atoms with Crippen LogP contribution in [-0.2, 0) is 0 Å². The average Bonchev–Trinajstić information content (AvgIpc) is 2.45. The maximum atomic E-state index is 13.2. The van der Waals surface area contributed by atoms with E-state index < -0.39 is 24.3 Å². The second-order valence-corrected chi connectivity index (χ2v) is 5.08. The molecule has 21 heavy (non-hydrogen) atoms. The minimum Gasteiger partial charge on any atom is -0.294 e. The number of hydrogen-bond acceptors (Lipinski definition) is 1. The van der Waals surface area contributed by atoms with Crippen molar-refractivity contribution in [2.75, 3.05) is 0 Å². The molecule has 0 saturated heterocycles. The summed E-state index contributed by atoms with van der Waals surface area (Å²) in [7, 11) is 0. The molecule has 0 radical (unpaired) electrons. The summed E-state index contributed by atoms with van der Waals surface area (Å²) in [6, 6.07) is 13.4. The zero-order chi connectivity index (χ0) is 15.5. The average molecular weight is 313 g/mol. The van der Waals surface area contributed by atoms with Crippen LogP contribution in [-0.4, -0.2) is 12.0 Å². The molecule has 0 spiro atoms. The van der Waals surface area contributed by atoms with E-state index in [4.69, 9.17) is 11.6 Å². The minimum absolute atomic E-state index is 0.0381. The van der Waals surface area contributed by atoms with Crippen LogP contribution in [0.15, 0.2) is 54.6 Å². The van der Waals surface area contributed by atoms with Crippen molar-refractivity contribution >= 4 is 17.4 Å². The van der Waals surface area contributed by atoms with Crippen molar-refractivity contribution < 1.29 is 18.0 Å². The summed E-state index contributed by atoms with van der Waals surface area (Å²) in [4.78, 5) is 12.0. The number of carbonyl (C=O) groups excluding carboxylic acids is 1. The van der Waals surface area contributed by atoms with Gasteiger partial charge in [0.1, 0.15) is 0 Å². The van der Waals surface area contributed by atoms with Crippen molar-refractivity contribution in [3.05, 3.63) is 70.7 Å². The summed E-state index contributed by atoms with van der Waals surface area (Å²) in [6.07, 6.45) is -5.10. The number of carbonyl (C=O) groups is 1. The SMILES string of the molecule is O=C(CC(c1ccc(Cl)cc1)C(F)(F)F)c1ccccc1. The molecule has 0 amide bonds. The van der Waals surface area contributed by atoms with E-state index >= 15 is 0 Å². The molecule has 0 heterocycles. The predicted octanol–water partition coefficient (Wildman–Crippen LogP) is 5.26. The lowest BCUT2D eigenvalue weighted by Crippen LogP contribution is -2.23. The number of rotatable bonds is 4. The summed E-state index contributed by atoms with van der Waals surface area (Å²) >= 11 is 5.68. The van der Waals surface area contributed by atoms with Gasteiger partial charge in [-0.05, 0) is 17.7 Å². The number of Topliss-reactive ketones (excluding diaryl/α,β-unsaturated/α-hetero) is 1. The van der Waals surface area contributed by atoms with Gasteiger partial charge in [-0.25, -0.2) is 0 Å². The summed E-state index contributed by atoms with van der Waals surface area (Å²) in [6.45, 7) is 0. The molecular weight excluding hydrogens is 301 g/mol. The van der Waals surface area contributed by atoms with E-state index in [1.54, 1.807) is 18.2 Å². The first-order valence-corrected chi connectivity index (χ1v) is 6.66. The highest BCUT2D eigenvalue weighted by Crippen LogP contribution is 2.38. The first-order chi connectivity index (χ1) is 9.88. The highest BCUT2D eigenvalue weighted by molar-refractivity contribution is 6.30. The summed E-state index contributed by atoms with van der Waals surface area (Å²) < 4.78 is 39.6. The van der Waals surface area contributed by atoms with Gasteiger partial charge in [-0.1, -0.05) is 54.1 Å². The molecule has 1 nitrogen and oxygen atoms in total. The second-order valence-electron chi connectivity index (χ2n) is 4.64. The Labute approximate surface area is 125 Å². The fourth-order valence-electron chi connectivity index (χ4n) is 2.04. The maximum absolute atomic E-state index is 13.2. The highest BCUT2D eigenvalue weighted by Gasteiger charge is 2.41. The summed E-state index contributed by atoms with van der Waals surface area (Å²) in [5.41, 5.74) is 0.317. The third-order valence-electron chi connectivity index (χ3n) is 3.15. The van der Waals surface area contributed by atoms with Gasteiger partial charge in [0, 0.05) is 17.0 Å². The first kappa shape index (κ1) is 15.6. The van der Waals surface area contributed by atoms with Gasteiger partial charge in [0.05, 0.1) is 5.92 Å². The van der Waals surface area contributed by atoms with Crippen LogP contribution < -0.4 is 0 Å². The Bertz CT molecular complexity index is 606. The number of benzene rings is 2. The highest BCUT2D eigenvalue weighted by atomic mass is 35.5. The van der Waals surface area contributed by atoms with Crippen LogP contribution in [0.2, 0.25) is 5.02 Å². The van der Waals surface area contributed by atoms with Crippen LogP contribution >= 0.6 is 11.6 Å². The molecule has 0 aliphatic rings. The second kappa shape index (κ2) is 6.31. The van der Waals surface area contributed by atoms with Crippen molar-refractivity contribution in [2.45, 2.75) is 18.5 Å². The van der Waals surface area contributed by atoms with Crippen LogP contribution in [0, 0.1) is 0 Å². The molecule has 1 unspecified atom stereocenters. The van der Waals surface area contributed by atoms with E-state index in [2.05, 4.69) is 0 Å². The standard InChI is InChI=1S/C16H12ClF3O/c17-13-8-6-11(7-9-13)14(16(18,19)20)10-15(21)12-4-2-1-3-5-12/h1-9,14H,10H2. The maximum Gasteiger partial charge on any atom is 0.396 e. The van der Waals surface area contributed by atoms with E-state index in [0.29, 0.717) is 5.02 Å². The van der Waals surface area contributed by atoms with Crippen LogP contribution in [0.5, 0.6) is 0 Å². The smallest absolute Gasteiger partial charge is 0.294 e. The molecule has 1 atom stereocenters. The first-order valence-electron chi connectivity index (χ1n) is 6.28. The molecule has 2 aromatic carbocycles. The van der Waals surface area contributed by atoms with Gasteiger partial charge < -0.3 is 0 Å². The molecule has 0 aliphatic heterocycles. The normalized spacial score (nSPS) is 13.0. The Morgan fingerprint density at radius 2 is 1.57 bits per heavy atom. The van der Waals surface area contributed by atoms with Gasteiger partial charge in [-0.3, -0.25) is 4.79 Å². The largest absolute Gasteiger partial charge is 0.396 e. The zero-order valence-electron chi connectivity index (χ0n) is 10.9. The van der Waals surface area contributed by atoms with E-state index in [1.807, 2.05) is 0 Å². The molecule has 5 heteroatoms. The fraction of sp³-hybridized carbons (Fsp3) is 0.188. The van der Waals surface area contributed by atoms with E-state index in [0.717, 1.165) is 0 Å². The van der Waals surface area contributed by atoms with Crippen molar-refractivity contribution in [3.63, 3.8) is 0 Å². The topological polar surface area (TPSA) is 17.1 Å². The van der Waals surface area contributed by atoms with Crippen LogP contribution in [0.1, 0.15) is 28.3 Å². The molecule has 0 aliphatic carbocycles. The fourth-order valence-corrected chi connectivity index (χ4v) is 2.17. The molecule has 0 fully saturated rings. The third-order valence-corrected chi connectivity index (χ3v) is 3.40. The number of ketones is 1. The molecular formula is C16H12ClF3O. The van der Waals surface area contributed by atoms with Gasteiger partial charge in [0.15, 0.2) is 5.78 Å². The van der Waals surface area contributed by atoms with Crippen molar-refractivity contribution in [3.8, 4) is 0 Å². The Balaban J connectivity index is 2.26. The Morgan fingerprint density at radius 1 is 1.00 bits per heavy atom. The van der Waals surface area contributed by atoms with Crippen LogP contribution in [0.25, 0.3) is 0 Å². The Morgan fingerprint density at radius 3 is 2.10 bits per heavy atom. The van der Waals surface area contributed by atoms with Gasteiger partial charge in [-0.15, -0.1) is 0 Å². The number of alkyl halides is 3. The van der Waals surface area contributed by atoms with Crippen molar-refractivity contribution in [1.82, 2.24) is 0 Å². The quantitative estimate of drug-likeness (QED) is 0.704. The molecule has 0 aromatic heterocycles. The van der Waals surface area contributed by atoms with Crippen LogP contribution in [0.3, 0.4) is 0 Å². The minimum atomic E-state index is -4.49. The van der Waals surface area contributed by atoms with Gasteiger partial charge >= 0.3 is 6.18 Å². The molecule has 0 bridgehead atoms. The molecule has 0 saturated carbocycles. The third kappa shape index (κ3) is 4.08. The lowest BCUT2D eigenvalue weighted by atomic mass is 9.91. The van der Waals surface area contributed by atoms with Gasteiger partial charge in [-0.2, -0.15) is 13.2 Å². The van der Waals surface area contributed by atoms with Crippen LogP contribution in [0.4, 0.5) is 13.2 Å².